The molecule has 0 aromatic heterocycles. The summed E-state index contributed by atoms with van der Waals surface area (Å²) in [5, 5.41) is 0.711. The van der Waals surface area contributed by atoms with Crippen LogP contribution < -0.4 is 0 Å². The Labute approximate surface area is 70.0 Å². The van der Waals surface area contributed by atoms with E-state index in [4.69, 9.17) is 11.6 Å². The van der Waals surface area contributed by atoms with Crippen molar-refractivity contribution >= 4 is 11.6 Å². The molecule has 0 heterocycles. The van der Waals surface area contributed by atoms with E-state index in [9.17, 15) is 4.39 Å². The van der Waals surface area contributed by atoms with Crippen molar-refractivity contribution in [1.82, 2.24) is 0 Å². The minimum Gasteiger partial charge on any atom is -0.242 e. The lowest BCUT2D eigenvalue weighted by Gasteiger charge is -2.01. The van der Waals surface area contributed by atoms with Crippen LogP contribution in [0.2, 0.25) is 5.02 Å². The van der Waals surface area contributed by atoms with E-state index >= 15 is 0 Å². The van der Waals surface area contributed by atoms with Crippen molar-refractivity contribution < 1.29 is 4.39 Å². The van der Waals surface area contributed by atoms with Gasteiger partial charge in [0.2, 0.25) is 0 Å². The summed E-state index contributed by atoms with van der Waals surface area (Å²) in [6, 6.07) is 5.44. The van der Waals surface area contributed by atoms with E-state index < -0.39 is 6.17 Å². The highest BCUT2D eigenvalue weighted by Gasteiger charge is 2.22. The molecule has 1 aliphatic carbocycles. The second-order valence-corrected chi connectivity index (χ2v) is 3.22. The molecule has 1 aromatic carbocycles. The van der Waals surface area contributed by atoms with E-state index in [0.717, 1.165) is 17.5 Å². The third-order valence-corrected chi connectivity index (χ3v) is 2.49. The van der Waals surface area contributed by atoms with Crippen LogP contribution in [-0.2, 0) is 6.42 Å². The molecule has 2 rings (SSSR count). The molecule has 0 saturated carbocycles. The fourth-order valence-corrected chi connectivity index (χ4v) is 1.84. The number of fused-ring (bicyclic) bond motifs is 1. The third kappa shape index (κ3) is 1.04. The Kier molecular flexibility index (Phi) is 1.61. The number of hydrogen-bond donors (Lipinski definition) is 0. The summed E-state index contributed by atoms with van der Waals surface area (Å²) in [4.78, 5) is 0. The molecule has 0 aliphatic heterocycles. The van der Waals surface area contributed by atoms with Gasteiger partial charge in [-0.1, -0.05) is 23.7 Å². The lowest BCUT2D eigenvalue weighted by molar-refractivity contribution is 0.344. The lowest BCUT2D eigenvalue weighted by atomic mass is 10.1. The second-order valence-electron chi connectivity index (χ2n) is 2.81. The predicted molar refractivity (Wildman–Crippen MR) is 43.6 cm³/mol. The first kappa shape index (κ1) is 7.11. The van der Waals surface area contributed by atoms with Crippen LogP contribution in [0, 0.1) is 0 Å². The van der Waals surface area contributed by atoms with Gasteiger partial charge in [-0.15, -0.1) is 0 Å². The molecule has 0 fully saturated rings. The van der Waals surface area contributed by atoms with Gasteiger partial charge in [-0.05, 0) is 30.0 Å². The molecule has 1 aliphatic rings. The van der Waals surface area contributed by atoms with E-state index in [1.807, 2.05) is 12.1 Å². The number of rotatable bonds is 0. The van der Waals surface area contributed by atoms with Gasteiger partial charge in [0.15, 0.2) is 0 Å². The summed E-state index contributed by atoms with van der Waals surface area (Å²) in [5.74, 6) is 0. The molecule has 0 saturated heterocycles. The topological polar surface area (TPSA) is 0 Å². The van der Waals surface area contributed by atoms with Gasteiger partial charge in [0.25, 0.3) is 0 Å². The summed E-state index contributed by atoms with van der Waals surface area (Å²) >= 11 is 5.87. The molecule has 2 heteroatoms. The second kappa shape index (κ2) is 2.49. The number of hydrogen-bond acceptors (Lipinski definition) is 0. The van der Waals surface area contributed by atoms with E-state index in [-0.39, 0.29) is 0 Å². The Balaban J connectivity index is 2.57. The maximum atomic E-state index is 13.0. The van der Waals surface area contributed by atoms with Gasteiger partial charge in [0.1, 0.15) is 6.17 Å². The van der Waals surface area contributed by atoms with Crippen LogP contribution in [0.4, 0.5) is 4.39 Å². The van der Waals surface area contributed by atoms with Crippen LogP contribution in [0.1, 0.15) is 23.7 Å². The fourth-order valence-electron chi connectivity index (χ4n) is 1.56. The van der Waals surface area contributed by atoms with Gasteiger partial charge in [-0.3, -0.25) is 0 Å². The highest BCUT2D eigenvalue weighted by Crippen LogP contribution is 2.37. The smallest absolute Gasteiger partial charge is 0.126 e. The van der Waals surface area contributed by atoms with Gasteiger partial charge >= 0.3 is 0 Å². The van der Waals surface area contributed by atoms with Crippen LogP contribution in [0.15, 0.2) is 18.2 Å². The van der Waals surface area contributed by atoms with Crippen molar-refractivity contribution in [3.63, 3.8) is 0 Å². The van der Waals surface area contributed by atoms with Crippen molar-refractivity contribution in [2.24, 2.45) is 0 Å². The van der Waals surface area contributed by atoms with Crippen LogP contribution in [0.25, 0.3) is 0 Å². The van der Waals surface area contributed by atoms with Crippen molar-refractivity contribution in [3.8, 4) is 0 Å². The first-order chi connectivity index (χ1) is 5.29. The molecule has 0 radical (unpaired) electrons. The quantitative estimate of drug-likeness (QED) is 0.561. The van der Waals surface area contributed by atoms with E-state index in [1.54, 1.807) is 6.07 Å². The minimum atomic E-state index is -0.788. The lowest BCUT2D eigenvalue weighted by Crippen LogP contribution is -1.83. The summed E-state index contributed by atoms with van der Waals surface area (Å²) in [7, 11) is 0. The maximum absolute atomic E-state index is 13.0. The largest absolute Gasteiger partial charge is 0.242 e. The zero-order valence-corrected chi connectivity index (χ0v) is 6.74. The summed E-state index contributed by atoms with van der Waals surface area (Å²) in [6.45, 7) is 0. The SMILES string of the molecule is FC1CCc2c(Cl)cccc21. The summed E-state index contributed by atoms with van der Waals surface area (Å²) < 4.78 is 13.0. The van der Waals surface area contributed by atoms with Crippen molar-refractivity contribution in [2.45, 2.75) is 19.0 Å². The molecule has 0 amide bonds. The van der Waals surface area contributed by atoms with Gasteiger partial charge in [-0.25, -0.2) is 4.39 Å². The van der Waals surface area contributed by atoms with E-state index in [0.29, 0.717) is 11.4 Å². The first-order valence-corrected chi connectivity index (χ1v) is 4.08. The standard InChI is InChI=1S/C9H8ClF/c10-8-3-1-2-7-6(8)4-5-9(7)11/h1-3,9H,4-5H2. The third-order valence-electron chi connectivity index (χ3n) is 2.14. The predicted octanol–water partition coefficient (Wildman–Crippen LogP) is 3.30. The Morgan fingerprint density at radius 2 is 2.27 bits per heavy atom. The number of halogens is 2. The molecule has 1 atom stereocenters. The van der Waals surface area contributed by atoms with Crippen molar-refractivity contribution in [1.29, 1.82) is 0 Å². The van der Waals surface area contributed by atoms with Crippen molar-refractivity contribution in [3.05, 3.63) is 34.3 Å². The monoisotopic (exact) mass is 170 g/mol. The Morgan fingerprint density at radius 1 is 1.45 bits per heavy atom. The highest BCUT2D eigenvalue weighted by atomic mass is 35.5. The molecule has 1 aromatic rings. The zero-order chi connectivity index (χ0) is 7.84. The Hall–Kier alpha value is -0.560. The van der Waals surface area contributed by atoms with Crippen LogP contribution in [-0.4, -0.2) is 0 Å². The maximum Gasteiger partial charge on any atom is 0.126 e. The first-order valence-electron chi connectivity index (χ1n) is 3.70. The molecule has 1 unspecified atom stereocenters. The van der Waals surface area contributed by atoms with E-state index in [2.05, 4.69) is 0 Å². The summed E-state index contributed by atoms with van der Waals surface area (Å²) in [5.41, 5.74) is 1.79. The number of benzene rings is 1. The normalized spacial score (nSPS) is 21.8. The van der Waals surface area contributed by atoms with E-state index in [1.165, 1.54) is 0 Å². The number of alkyl halides is 1. The van der Waals surface area contributed by atoms with Gasteiger partial charge < -0.3 is 0 Å². The van der Waals surface area contributed by atoms with Crippen LogP contribution >= 0.6 is 11.6 Å². The molecular formula is C9H8ClF. The molecule has 58 valence electrons. The molecule has 0 N–H and O–H groups in total. The average Bonchev–Trinajstić information content (AvgIpc) is 2.35. The minimum absolute atomic E-state index is 0.596. The van der Waals surface area contributed by atoms with Crippen molar-refractivity contribution in [2.75, 3.05) is 0 Å². The highest BCUT2D eigenvalue weighted by molar-refractivity contribution is 6.31. The van der Waals surface area contributed by atoms with Crippen LogP contribution in [0.3, 0.4) is 0 Å². The fraction of sp³-hybridized carbons (Fsp3) is 0.333. The summed E-state index contributed by atoms with van der Waals surface area (Å²) in [6.07, 6.45) is 0.596. The average molecular weight is 171 g/mol. The molecule has 0 nitrogen and oxygen atoms in total. The molecule has 11 heavy (non-hydrogen) atoms. The Morgan fingerprint density at radius 3 is 3.00 bits per heavy atom. The molecule has 0 bridgehead atoms. The van der Waals surface area contributed by atoms with Gasteiger partial charge in [-0.2, -0.15) is 0 Å². The van der Waals surface area contributed by atoms with Crippen LogP contribution in [0.5, 0.6) is 0 Å². The zero-order valence-electron chi connectivity index (χ0n) is 5.98. The molecule has 0 spiro atoms. The molecular weight excluding hydrogens is 163 g/mol. The Bertz CT molecular complexity index is 283. The van der Waals surface area contributed by atoms with Gasteiger partial charge in [0, 0.05) is 5.02 Å². The van der Waals surface area contributed by atoms with Gasteiger partial charge in [0.05, 0.1) is 0 Å².